The monoisotopic (exact) mass is 277 g/mol. The number of ether oxygens (including phenoxy) is 1. The van der Waals surface area contributed by atoms with Crippen molar-refractivity contribution in [2.45, 2.75) is 51.7 Å². The van der Waals surface area contributed by atoms with Crippen molar-refractivity contribution >= 4 is 5.84 Å². The third-order valence-electron chi connectivity index (χ3n) is 4.06. The fraction of sp³-hybridized carbons (Fsp3) is 0.600. The van der Waals surface area contributed by atoms with Crippen molar-refractivity contribution < 1.29 is 9.94 Å². The summed E-state index contributed by atoms with van der Waals surface area (Å²) in [7, 11) is 0. The Labute approximate surface area is 119 Å². The van der Waals surface area contributed by atoms with E-state index in [2.05, 4.69) is 17.1 Å². The molecule has 2 unspecified atom stereocenters. The minimum atomic E-state index is 0.0277. The highest BCUT2D eigenvalue weighted by Gasteiger charge is 2.24. The van der Waals surface area contributed by atoms with E-state index in [1.54, 1.807) is 6.20 Å². The lowest BCUT2D eigenvalue weighted by Gasteiger charge is -2.30. The maximum Gasteiger partial charge on any atom is 0.189 e. The first-order chi connectivity index (χ1) is 9.76. The zero-order valence-corrected chi connectivity index (χ0v) is 12.0. The summed E-state index contributed by atoms with van der Waals surface area (Å²) in [5.41, 5.74) is 7.00. The van der Waals surface area contributed by atoms with E-state index in [1.165, 1.54) is 19.3 Å². The number of nitrogens with two attached hydrogens (primary N) is 1. The van der Waals surface area contributed by atoms with E-state index in [-0.39, 0.29) is 5.84 Å². The van der Waals surface area contributed by atoms with Gasteiger partial charge in [0, 0.05) is 11.8 Å². The number of oxime groups is 1. The second-order valence-corrected chi connectivity index (χ2v) is 5.30. The van der Waals surface area contributed by atoms with Crippen LogP contribution in [0.3, 0.4) is 0 Å². The maximum absolute atomic E-state index is 8.79. The van der Waals surface area contributed by atoms with Crippen molar-refractivity contribution in [2.24, 2.45) is 16.8 Å². The number of aromatic nitrogens is 1. The van der Waals surface area contributed by atoms with Crippen LogP contribution in [-0.4, -0.2) is 22.1 Å². The van der Waals surface area contributed by atoms with Crippen LogP contribution in [0.1, 0.15) is 50.3 Å². The molecular weight excluding hydrogens is 254 g/mol. The minimum absolute atomic E-state index is 0.0277. The van der Waals surface area contributed by atoms with Crippen LogP contribution >= 0.6 is 0 Å². The van der Waals surface area contributed by atoms with Crippen molar-refractivity contribution in [3.8, 4) is 0 Å². The van der Waals surface area contributed by atoms with Crippen molar-refractivity contribution in [1.82, 2.24) is 4.98 Å². The van der Waals surface area contributed by atoms with Crippen molar-refractivity contribution in [1.29, 1.82) is 0 Å². The van der Waals surface area contributed by atoms with Crippen molar-refractivity contribution in [3.05, 3.63) is 29.6 Å². The Bertz CT molecular complexity index is 462. The summed E-state index contributed by atoms with van der Waals surface area (Å²) < 4.78 is 6.08. The molecule has 3 N–H and O–H groups in total. The first kappa shape index (κ1) is 14.8. The van der Waals surface area contributed by atoms with Crippen LogP contribution in [-0.2, 0) is 11.3 Å². The molecule has 0 aliphatic heterocycles. The molecule has 1 aliphatic carbocycles. The molecule has 0 bridgehead atoms. The van der Waals surface area contributed by atoms with Gasteiger partial charge in [0.2, 0.25) is 0 Å². The Morgan fingerprint density at radius 2 is 2.30 bits per heavy atom. The lowest BCUT2D eigenvalue weighted by molar-refractivity contribution is -0.0223. The molecule has 20 heavy (non-hydrogen) atoms. The van der Waals surface area contributed by atoms with E-state index in [4.69, 9.17) is 15.7 Å². The molecule has 1 fully saturated rings. The maximum atomic E-state index is 8.79. The summed E-state index contributed by atoms with van der Waals surface area (Å²) >= 11 is 0. The van der Waals surface area contributed by atoms with Gasteiger partial charge in [0.1, 0.15) is 5.69 Å². The van der Waals surface area contributed by atoms with Gasteiger partial charge in [0.15, 0.2) is 5.84 Å². The summed E-state index contributed by atoms with van der Waals surface area (Å²) in [6, 6.07) is 3.75. The quantitative estimate of drug-likeness (QED) is 0.375. The van der Waals surface area contributed by atoms with Gasteiger partial charge in [-0.25, -0.2) is 0 Å². The molecule has 0 aromatic carbocycles. The van der Waals surface area contributed by atoms with Crippen LogP contribution in [0, 0.1) is 5.92 Å². The van der Waals surface area contributed by atoms with E-state index in [0.29, 0.717) is 24.3 Å². The van der Waals surface area contributed by atoms with Crippen LogP contribution in [0.15, 0.2) is 23.5 Å². The van der Waals surface area contributed by atoms with Gasteiger partial charge in [-0.05, 0) is 24.8 Å². The molecule has 1 aliphatic rings. The van der Waals surface area contributed by atoms with Gasteiger partial charge >= 0.3 is 0 Å². The Kier molecular flexibility index (Phi) is 5.35. The number of pyridine rings is 1. The molecule has 0 saturated heterocycles. The highest BCUT2D eigenvalue weighted by molar-refractivity contribution is 5.96. The molecule has 0 spiro atoms. The number of hydrogen-bond acceptors (Lipinski definition) is 4. The molecule has 1 saturated carbocycles. The normalized spacial score (nSPS) is 23.8. The highest BCUT2D eigenvalue weighted by atomic mass is 16.5. The van der Waals surface area contributed by atoms with E-state index >= 15 is 0 Å². The third kappa shape index (κ3) is 3.48. The van der Waals surface area contributed by atoms with E-state index in [1.807, 2.05) is 12.1 Å². The summed E-state index contributed by atoms with van der Waals surface area (Å²) in [4.78, 5) is 4.16. The molecule has 110 valence electrons. The Morgan fingerprint density at radius 3 is 3.05 bits per heavy atom. The molecule has 2 rings (SSSR count). The van der Waals surface area contributed by atoms with E-state index in [9.17, 15) is 0 Å². The van der Waals surface area contributed by atoms with Crippen molar-refractivity contribution in [2.75, 3.05) is 0 Å². The molecule has 1 aromatic heterocycles. The lowest BCUT2D eigenvalue weighted by Crippen LogP contribution is -2.27. The van der Waals surface area contributed by atoms with Crippen LogP contribution in [0.4, 0.5) is 0 Å². The number of hydrogen-bond donors (Lipinski definition) is 2. The van der Waals surface area contributed by atoms with Gasteiger partial charge in [-0.3, -0.25) is 4.98 Å². The average Bonchev–Trinajstić information content (AvgIpc) is 2.52. The van der Waals surface area contributed by atoms with Crippen LogP contribution in [0.25, 0.3) is 0 Å². The fourth-order valence-corrected chi connectivity index (χ4v) is 2.89. The number of nitrogens with zero attached hydrogens (tertiary/aromatic N) is 2. The van der Waals surface area contributed by atoms with Gasteiger partial charge in [-0.15, -0.1) is 0 Å². The zero-order valence-electron chi connectivity index (χ0n) is 12.0. The molecule has 5 nitrogen and oxygen atoms in total. The molecular formula is C15H23N3O2. The summed E-state index contributed by atoms with van der Waals surface area (Å²) in [6.45, 7) is 2.68. The molecule has 1 heterocycles. The van der Waals surface area contributed by atoms with Gasteiger partial charge in [-0.2, -0.15) is 0 Å². The van der Waals surface area contributed by atoms with Gasteiger partial charge < -0.3 is 15.7 Å². The molecule has 5 heteroatoms. The summed E-state index contributed by atoms with van der Waals surface area (Å²) in [5.74, 6) is 0.674. The minimum Gasteiger partial charge on any atom is -0.409 e. The Morgan fingerprint density at radius 1 is 1.50 bits per heavy atom. The van der Waals surface area contributed by atoms with Crippen LogP contribution in [0.5, 0.6) is 0 Å². The largest absolute Gasteiger partial charge is 0.409 e. The predicted molar refractivity (Wildman–Crippen MR) is 77.6 cm³/mol. The standard InChI is InChI=1S/C15H23N3O2/c1-2-11-6-3-4-8-13(11)20-10-12-7-5-9-17-14(12)15(16)18-19/h5,7,9,11,13,19H,2-4,6,8,10H2,1H3,(H2,16,18). The predicted octanol–water partition coefficient (Wildman–Crippen LogP) is 2.66. The van der Waals surface area contributed by atoms with Gasteiger partial charge in [0.05, 0.1) is 12.7 Å². The van der Waals surface area contributed by atoms with E-state index < -0.39 is 0 Å². The topological polar surface area (TPSA) is 80.7 Å². The molecule has 0 radical (unpaired) electrons. The molecule has 2 atom stereocenters. The Balaban J connectivity index is 2.03. The summed E-state index contributed by atoms with van der Waals surface area (Å²) in [6.07, 6.45) is 8.02. The average molecular weight is 277 g/mol. The van der Waals surface area contributed by atoms with Crippen LogP contribution < -0.4 is 5.73 Å². The van der Waals surface area contributed by atoms with E-state index in [0.717, 1.165) is 18.4 Å². The van der Waals surface area contributed by atoms with Crippen LogP contribution in [0.2, 0.25) is 0 Å². The first-order valence-corrected chi connectivity index (χ1v) is 7.29. The van der Waals surface area contributed by atoms with Gasteiger partial charge in [-0.1, -0.05) is 37.4 Å². The second-order valence-electron chi connectivity index (χ2n) is 5.30. The lowest BCUT2D eigenvalue weighted by atomic mass is 9.85. The summed E-state index contributed by atoms with van der Waals surface area (Å²) in [5, 5.41) is 11.8. The molecule has 1 aromatic rings. The van der Waals surface area contributed by atoms with Crippen molar-refractivity contribution in [3.63, 3.8) is 0 Å². The first-order valence-electron chi connectivity index (χ1n) is 7.29. The number of rotatable bonds is 5. The molecule has 0 amide bonds. The Hall–Kier alpha value is -1.62. The highest BCUT2D eigenvalue weighted by Crippen LogP contribution is 2.29. The second kappa shape index (κ2) is 7.24. The zero-order chi connectivity index (χ0) is 14.4. The van der Waals surface area contributed by atoms with Gasteiger partial charge in [0.25, 0.3) is 0 Å². The fourth-order valence-electron chi connectivity index (χ4n) is 2.89. The number of amidine groups is 1. The smallest absolute Gasteiger partial charge is 0.189 e. The third-order valence-corrected chi connectivity index (χ3v) is 4.06. The SMILES string of the molecule is CCC1CCCCC1OCc1cccnc1C(N)=NO.